The van der Waals surface area contributed by atoms with Gasteiger partial charge >= 0.3 is 24.7 Å². The molecule has 140 heavy (non-hydrogen) atoms. The fraction of sp³-hybridized carbons (Fsp3) is 0.370. The number of fused-ring (bicyclic) bond motifs is 5. The number of pyridine rings is 3. The van der Waals surface area contributed by atoms with E-state index in [9.17, 15) is 43.8 Å². The number of carbonyl (C=O) groups is 2. The zero-order valence-electron chi connectivity index (χ0n) is 76.2. The molecule has 19 rings (SSSR count). The van der Waals surface area contributed by atoms with Gasteiger partial charge in [-0.1, -0.05) is 26.0 Å². The Kier molecular flexibility index (Phi) is 25.1. The van der Waals surface area contributed by atoms with Crippen molar-refractivity contribution < 1.29 is 71.7 Å². The minimum absolute atomic E-state index is 0.0123. The minimum atomic E-state index is -4.93. The van der Waals surface area contributed by atoms with Crippen LogP contribution >= 0.6 is 0 Å². The molecule has 5 unspecified atom stereocenters. The van der Waals surface area contributed by atoms with Crippen molar-refractivity contribution in [1.29, 1.82) is 21.0 Å². The molecule has 6 atom stereocenters. The summed E-state index contributed by atoms with van der Waals surface area (Å²) in [5.41, 5.74) is -0.599. The van der Waals surface area contributed by atoms with Crippen LogP contribution in [0, 0.1) is 62.6 Å². The fourth-order valence-electron chi connectivity index (χ4n) is 20.3. The number of piperazine rings is 1. The molecule has 3 N–H and O–H groups in total. The first kappa shape index (κ1) is 94.3. The number of alkyl halides is 12. The number of hydrogen-bond donors (Lipinski definition) is 3. The summed E-state index contributed by atoms with van der Waals surface area (Å²) in [6, 6.07) is 39.1. The summed E-state index contributed by atoms with van der Waals surface area (Å²) in [6.07, 6.45) is -14.1. The van der Waals surface area contributed by atoms with Gasteiger partial charge in [-0.2, -0.15) is 78.7 Å². The summed E-state index contributed by atoms with van der Waals surface area (Å²) in [4.78, 5) is 52.0. The molecule has 4 fully saturated rings. The van der Waals surface area contributed by atoms with Gasteiger partial charge in [0.15, 0.2) is 29.5 Å². The maximum atomic E-state index is 15.7. The topological polar surface area (TPSA) is 334 Å². The Labute approximate surface area is 794 Å². The number of aromatic nitrogens is 12. The standard InChI is InChI=1S/C100H90F12N24O4/c1-55(2)81-45-117-25-27-132(81)47-60-32-74-77(80(34-60)100(110,111)112)49-135(94(74)138)84-37-61(35-82(122-84)118-24-8-6-22-113)72-41-64(97(101,102)103)17-20-67(72)91-128-125-87(130(91)5)51-133-54-120-127-92(133)68-19-15-58(44-116)29-70(68)62-36-83(123-85(38-62)134-48-75-69(93(134)137)11-10-12-78(75)98(104,105)106)121-56(3)13-16-65-42-96(65)21-26-131(52-96)46-59-31-73-76(79(33-59)99(107,108)109)50-136(95-89(73)140-95)86-39-63(40-88(124-86)139-28-9-7-23-114)71-30-57(43-115)14-18-66(71)90-126-119-53-129(90)4/h10-12,14-15,17-20,29-41,53-56,65,81,89,95,117H,6-9,13,16,21,24-28,42,45-52H2,1-5H3,(H,118,122)(H,121,123)/t56?,65?,81-,89?,95?,96?/m1/s1. The number of anilines is 5. The molecule has 28 nitrogen and oxygen atoms in total. The lowest BCUT2D eigenvalue weighted by atomic mass is 9.91. The molecule has 7 aliphatic rings. The van der Waals surface area contributed by atoms with Crippen LogP contribution in [0.25, 0.3) is 67.5 Å². The number of halogens is 12. The number of unbranched alkanes of at least 4 members (excludes halogenated alkanes) is 2. The lowest BCUT2D eigenvalue weighted by molar-refractivity contribution is -0.139. The number of rotatable bonds is 29. The minimum Gasteiger partial charge on any atom is -0.478 e. The third-order valence-corrected chi connectivity index (χ3v) is 27.5. The van der Waals surface area contributed by atoms with Gasteiger partial charge in [-0.05, 0) is 251 Å². The van der Waals surface area contributed by atoms with Crippen LogP contribution < -0.4 is 35.4 Å². The van der Waals surface area contributed by atoms with E-state index < -0.39 is 84.2 Å². The van der Waals surface area contributed by atoms with Crippen LogP contribution in [-0.2, 0) is 82.8 Å². The zero-order chi connectivity index (χ0) is 98.3. The molecule has 0 radical (unpaired) electrons. The molecule has 1 spiro atoms. The molecule has 0 bridgehead atoms. The molecule has 1 saturated carbocycles. The molecule has 6 aromatic heterocycles. The summed E-state index contributed by atoms with van der Waals surface area (Å²) in [5.74, 6) is 0.0128. The second-order valence-corrected chi connectivity index (χ2v) is 37.0. The van der Waals surface area contributed by atoms with E-state index in [1.165, 1.54) is 65.8 Å². The average Bonchev–Trinajstić information content (AvgIpc) is 1.56. The van der Waals surface area contributed by atoms with Gasteiger partial charge in [0.05, 0.1) is 83.9 Å². The van der Waals surface area contributed by atoms with Gasteiger partial charge in [0.25, 0.3) is 11.8 Å². The SMILES string of the molecule is CC(CCC1CC12CCN(Cc1cc3c(c(C(F)(F)F)c1)CN(c1cc(-c4cc(C#N)ccc4-c4nncn4C)cc(OCCCC#N)n1)C1OC31)C2)Nc1cc(-c2cc(C#N)ccc2-c2nncn2Cc2nnc(-c3ccc(C(F)(F)F)cc3-c3cc(NCCCC#N)nc(N4Cc5c(cc(CN6CCNC[C@@H]6C(C)C)cc5C(F)(F)F)C4=O)c3)n2C)cc(N2Cc3c(cccc3C(F)(F)F)C2=O)n1. The number of nitrogens with zero attached hydrogens (tertiary/aromatic N) is 21. The van der Waals surface area contributed by atoms with Gasteiger partial charge < -0.3 is 44.0 Å². The maximum Gasteiger partial charge on any atom is 0.416 e. The predicted octanol–water partition coefficient (Wildman–Crippen LogP) is 18.6. The first-order valence-electron chi connectivity index (χ1n) is 45.8. The van der Waals surface area contributed by atoms with Gasteiger partial charge in [0, 0.05) is 125 Å². The molecule has 718 valence electrons. The molecule has 2 amide bonds. The largest absolute Gasteiger partial charge is 0.478 e. The Balaban J connectivity index is 0.581. The number of epoxide rings is 1. The second kappa shape index (κ2) is 37.2. The van der Waals surface area contributed by atoms with E-state index in [1.54, 1.807) is 76.7 Å². The van der Waals surface area contributed by atoms with Crippen molar-refractivity contribution in [1.82, 2.24) is 74.4 Å². The highest BCUT2D eigenvalue weighted by Gasteiger charge is 2.58. The van der Waals surface area contributed by atoms with Gasteiger partial charge in [-0.25, -0.2) is 9.97 Å². The lowest BCUT2D eigenvalue weighted by Crippen LogP contribution is -2.53. The first-order chi connectivity index (χ1) is 67.0. The molecular formula is C100H90F12N24O4. The molecule has 6 aromatic carbocycles. The molecule has 6 aliphatic heterocycles. The number of likely N-dealkylation sites (tertiary alicyclic amines) is 1. The number of nitriles is 4. The van der Waals surface area contributed by atoms with E-state index in [1.807, 2.05) is 26.8 Å². The third-order valence-electron chi connectivity index (χ3n) is 27.5. The Morgan fingerprint density at radius 1 is 0.579 bits per heavy atom. The summed E-state index contributed by atoms with van der Waals surface area (Å²) < 4.78 is 200. The van der Waals surface area contributed by atoms with Crippen molar-refractivity contribution in [2.24, 2.45) is 31.3 Å². The van der Waals surface area contributed by atoms with Crippen LogP contribution in [0.3, 0.4) is 0 Å². The number of nitrogens with one attached hydrogen (secondary N) is 3. The van der Waals surface area contributed by atoms with Gasteiger partial charge in [0.1, 0.15) is 47.8 Å². The smallest absolute Gasteiger partial charge is 0.416 e. The lowest BCUT2D eigenvalue weighted by Gasteiger charge is -2.38. The van der Waals surface area contributed by atoms with Crippen LogP contribution in [0.4, 0.5) is 81.8 Å². The van der Waals surface area contributed by atoms with Crippen LogP contribution in [0.5, 0.6) is 5.88 Å². The fourth-order valence-corrected chi connectivity index (χ4v) is 20.3. The summed E-state index contributed by atoms with van der Waals surface area (Å²) in [6.45, 7) is 8.04. The summed E-state index contributed by atoms with van der Waals surface area (Å²) in [5, 5.41) is 75.6. The number of hydrogen-bond acceptors (Lipinski definition) is 23. The monoisotopic (exact) mass is 1920 g/mol. The van der Waals surface area contributed by atoms with E-state index in [0.717, 1.165) is 53.0 Å². The molecule has 12 aromatic rings. The number of aryl methyl sites for hydroxylation is 1. The summed E-state index contributed by atoms with van der Waals surface area (Å²) in [7, 11) is 3.34. The van der Waals surface area contributed by atoms with Crippen molar-refractivity contribution >= 4 is 40.9 Å². The van der Waals surface area contributed by atoms with E-state index in [2.05, 4.69) is 85.6 Å². The van der Waals surface area contributed by atoms with Crippen molar-refractivity contribution in [2.75, 3.05) is 71.2 Å². The maximum absolute atomic E-state index is 15.7. The number of carbonyl (C=O) groups excluding carboxylic acids is 2. The molecule has 12 heterocycles. The van der Waals surface area contributed by atoms with Crippen molar-refractivity contribution in [2.45, 2.75) is 161 Å². The van der Waals surface area contributed by atoms with Crippen molar-refractivity contribution in [3.63, 3.8) is 0 Å². The Morgan fingerprint density at radius 2 is 1.20 bits per heavy atom. The van der Waals surface area contributed by atoms with E-state index in [4.69, 9.17) is 19.4 Å². The van der Waals surface area contributed by atoms with Gasteiger partial charge in [-0.15, -0.1) is 30.6 Å². The molecule has 1 aliphatic carbocycles. The quantitative estimate of drug-likeness (QED) is 0.0223. The molecule has 40 heteroatoms. The normalized spacial score (nSPS) is 18.7. The third kappa shape index (κ3) is 18.8. The van der Waals surface area contributed by atoms with Gasteiger partial charge in [0.2, 0.25) is 5.88 Å². The van der Waals surface area contributed by atoms with E-state index >= 15 is 39.5 Å². The Hall–Kier alpha value is -14.7. The average molecular weight is 1920 g/mol. The molecule has 3 saturated heterocycles. The van der Waals surface area contributed by atoms with Crippen molar-refractivity contribution in [3.05, 3.63) is 230 Å². The molecular weight excluding hydrogens is 1830 g/mol. The number of amides is 2. The van der Waals surface area contributed by atoms with Crippen LogP contribution in [-0.4, -0.2) is 145 Å². The highest BCUT2D eigenvalue weighted by Crippen LogP contribution is 2.61. The van der Waals surface area contributed by atoms with Gasteiger partial charge in [-0.3, -0.25) is 29.2 Å². The Bertz CT molecular complexity index is 7080. The first-order valence-corrected chi connectivity index (χ1v) is 45.8. The highest BCUT2D eigenvalue weighted by atomic mass is 19.4. The van der Waals surface area contributed by atoms with Crippen LogP contribution in [0.1, 0.15) is 172 Å². The van der Waals surface area contributed by atoms with Crippen molar-refractivity contribution in [3.8, 4) is 97.7 Å². The second-order valence-electron chi connectivity index (χ2n) is 37.0. The highest BCUT2D eigenvalue weighted by molar-refractivity contribution is 6.11. The van der Waals surface area contributed by atoms with E-state index in [-0.39, 0.29) is 196 Å². The Morgan fingerprint density at radius 3 is 1.88 bits per heavy atom. The number of ether oxygens (including phenoxy) is 2. The van der Waals surface area contributed by atoms with E-state index in [0.29, 0.717) is 108 Å². The zero-order valence-corrected chi connectivity index (χ0v) is 76.2. The van der Waals surface area contributed by atoms with Crippen LogP contribution in [0.15, 0.2) is 146 Å². The van der Waals surface area contributed by atoms with Crippen LogP contribution in [0.2, 0.25) is 0 Å². The number of benzene rings is 6. The predicted molar refractivity (Wildman–Crippen MR) is 489 cm³/mol. The summed E-state index contributed by atoms with van der Waals surface area (Å²) >= 11 is 0.